The van der Waals surface area contributed by atoms with Gasteiger partial charge in [0.05, 0.1) is 18.8 Å². The number of hydrogen-bond donors (Lipinski definition) is 2. The first-order valence-corrected chi connectivity index (χ1v) is 9.98. The third kappa shape index (κ3) is 3.82. The summed E-state index contributed by atoms with van der Waals surface area (Å²) in [4.78, 5) is 15.3. The second-order valence-corrected chi connectivity index (χ2v) is 7.67. The predicted octanol–water partition coefficient (Wildman–Crippen LogP) is 3.34. The van der Waals surface area contributed by atoms with Crippen LogP contribution in [-0.4, -0.2) is 48.3 Å². The Hall–Kier alpha value is -2.05. The monoisotopic (exact) mass is 372 g/mol. The van der Waals surface area contributed by atoms with Gasteiger partial charge in [-0.15, -0.1) is 0 Å². The Morgan fingerprint density at radius 2 is 1.96 bits per heavy atom. The van der Waals surface area contributed by atoms with E-state index in [1.54, 1.807) is 12.1 Å². The topological polar surface area (TPSA) is 74.9 Å². The van der Waals surface area contributed by atoms with Gasteiger partial charge in [0.1, 0.15) is 17.1 Å². The number of ether oxygens (including phenoxy) is 1. The average molecular weight is 372 g/mol. The number of nitrogens with zero attached hydrogens (tertiary/aromatic N) is 1. The number of amides is 1. The van der Waals surface area contributed by atoms with Gasteiger partial charge in [0, 0.05) is 36.6 Å². The second-order valence-electron chi connectivity index (χ2n) is 7.67. The molecule has 2 N–H and O–H groups in total. The minimum atomic E-state index is -0.0908. The van der Waals surface area contributed by atoms with Crippen LogP contribution in [0.25, 0.3) is 11.0 Å². The smallest absolute Gasteiger partial charge is 0.255 e. The van der Waals surface area contributed by atoms with Crippen molar-refractivity contribution in [2.75, 3.05) is 26.3 Å². The summed E-state index contributed by atoms with van der Waals surface area (Å²) >= 11 is 0. The molecule has 1 saturated heterocycles. The number of aromatic hydroxyl groups is 1. The molecule has 2 fully saturated rings. The van der Waals surface area contributed by atoms with Gasteiger partial charge < -0.3 is 19.6 Å². The summed E-state index contributed by atoms with van der Waals surface area (Å²) in [7, 11) is 0. The highest BCUT2D eigenvalue weighted by Crippen LogP contribution is 2.35. The molecule has 27 heavy (non-hydrogen) atoms. The van der Waals surface area contributed by atoms with E-state index in [-0.39, 0.29) is 17.7 Å². The van der Waals surface area contributed by atoms with Crippen molar-refractivity contribution in [3.63, 3.8) is 0 Å². The SMILES string of the molecule is Cc1oc2ccc(O)c(CN3CCOCC3)c2c1C(=O)NC1CCCCC1. The molecule has 0 bridgehead atoms. The van der Waals surface area contributed by atoms with Gasteiger partial charge in [0.2, 0.25) is 0 Å². The Balaban J connectivity index is 1.67. The Labute approximate surface area is 159 Å². The van der Waals surface area contributed by atoms with Crippen molar-refractivity contribution >= 4 is 16.9 Å². The quantitative estimate of drug-likeness (QED) is 0.861. The molecule has 6 nitrogen and oxygen atoms in total. The number of morpholine rings is 1. The van der Waals surface area contributed by atoms with E-state index in [1.165, 1.54) is 19.3 Å². The van der Waals surface area contributed by atoms with Crippen LogP contribution in [0.15, 0.2) is 16.5 Å². The largest absolute Gasteiger partial charge is 0.508 e. The summed E-state index contributed by atoms with van der Waals surface area (Å²) in [6.07, 6.45) is 5.65. The third-order valence-corrected chi connectivity index (χ3v) is 5.77. The zero-order valence-corrected chi connectivity index (χ0v) is 15.9. The molecule has 0 radical (unpaired) electrons. The van der Waals surface area contributed by atoms with E-state index in [9.17, 15) is 9.90 Å². The molecule has 2 aromatic rings. The molecule has 1 aliphatic heterocycles. The van der Waals surface area contributed by atoms with Gasteiger partial charge >= 0.3 is 0 Å². The molecule has 1 aliphatic carbocycles. The van der Waals surface area contributed by atoms with E-state index < -0.39 is 0 Å². The van der Waals surface area contributed by atoms with Gasteiger partial charge in [-0.25, -0.2) is 0 Å². The summed E-state index contributed by atoms with van der Waals surface area (Å²) in [6.45, 7) is 5.42. The van der Waals surface area contributed by atoms with E-state index in [4.69, 9.17) is 9.15 Å². The number of phenolic OH excluding ortho intramolecular Hbond substituents is 1. The number of phenols is 1. The van der Waals surface area contributed by atoms with Gasteiger partial charge in [-0.3, -0.25) is 9.69 Å². The van der Waals surface area contributed by atoms with Crippen molar-refractivity contribution in [1.82, 2.24) is 10.2 Å². The van der Waals surface area contributed by atoms with Crippen LogP contribution in [0.1, 0.15) is 53.8 Å². The van der Waals surface area contributed by atoms with Gasteiger partial charge in [0.25, 0.3) is 5.91 Å². The Morgan fingerprint density at radius 3 is 2.70 bits per heavy atom. The lowest BCUT2D eigenvalue weighted by Crippen LogP contribution is -2.37. The summed E-state index contributed by atoms with van der Waals surface area (Å²) in [5.41, 5.74) is 1.98. The van der Waals surface area contributed by atoms with Crippen LogP contribution in [0, 0.1) is 6.92 Å². The maximum Gasteiger partial charge on any atom is 0.255 e. The first-order valence-electron chi connectivity index (χ1n) is 9.98. The van der Waals surface area contributed by atoms with E-state index in [1.807, 2.05) is 6.92 Å². The summed E-state index contributed by atoms with van der Waals surface area (Å²) in [5, 5.41) is 14.5. The summed E-state index contributed by atoms with van der Waals surface area (Å²) in [5.74, 6) is 0.723. The number of carbonyl (C=O) groups is 1. The molecular formula is C21H28N2O4. The van der Waals surface area contributed by atoms with Gasteiger partial charge in [-0.2, -0.15) is 0 Å². The minimum Gasteiger partial charge on any atom is -0.508 e. The van der Waals surface area contributed by atoms with E-state index in [2.05, 4.69) is 10.2 Å². The summed E-state index contributed by atoms with van der Waals surface area (Å²) < 4.78 is 11.3. The molecule has 1 aromatic heterocycles. The second kappa shape index (κ2) is 7.90. The van der Waals surface area contributed by atoms with Crippen LogP contribution < -0.4 is 5.32 Å². The van der Waals surface area contributed by atoms with Crippen molar-refractivity contribution in [3.05, 3.63) is 29.0 Å². The van der Waals surface area contributed by atoms with Crippen molar-refractivity contribution in [3.8, 4) is 5.75 Å². The standard InChI is InChI=1S/C21H28N2O4/c1-14-19(21(25)22-15-5-3-2-4-6-15)20-16(13-23-9-11-26-12-10-23)17(24)7-8-18(20)27-14/h7-8,15,24H,2-6,9-13H2,1H3,(H,22,25). The lowest BCUT2D eigenvalue weighted by molar-refractivity contribution is 0.0340. The van der Waals surface area contributed by atoms with Crippen LogP contribution in [0.2, 0.25) is 0 Å². The number of carbonyl (C=O) groups excluding carboxylic acids is 1. The van der Waals surface area contributed by atoms with E-state index in [0.29, 0.717) is 36.7 Å². The first-order chi connectivity index (χ1) is 13.1. The Morgan fingerprint density at radius 1 is 1.22 bits per heavy atom. The number of benzene rings is 1. The van der Waals surface area contributed by atoms with Crippen molar-refractivity contribution in [2.24, 2.45) is 0 Å². The molecule has 1 saturated carbocycles. The van der Waals surface area contributed by atoms with Crippen LogP contribution in [0.4, 0.5) is 0 Å². The van der Waals surface area contributed by atoms with E-state index >= 15 is 0 Å². The zero-order chi connectivity index (χ0) is 18.8. The highest BCUT2D eigenvalue weighted by atomic mass is 16.5. The van der Waals surface area contributed by atoms with Crippen LogP contribution in [0.5, 0.6) is 5.75 Å². The van der Waals surface area contributed by atoms with Gasteiger partial charge in [-0.1, -0.05) is 19.3 Å². The fraction of sp³-hybridized carbons (Fsp3) is 0.571. The normalized spacial score (nSPS) is 19.4. The molecule has 4 rings (SSSR count). The van der Waals surface area contributed by atoms with Crippen molar-refractivity contribution in [2.45, 2.75) is 51.6 Å². The van der Waals surface area contributed by atoms with Crippen LogP contribution >= 0.6 is 0 Å². The maximum atomic E-state index is 13.1. The highest BCUT2D eigenvalue weighted by Gasteiger charge is 2.26. The molecule has 146 valence electrons. The predicted molar refractivity (Wildman–Crippen MR) is 103 cm³/mol. The fourth-order valence-corrected chi connectivity index (χ4v) is 4.29. The zero-order valence-electron chi connectivity index (χ0n) is 15.9. The number of aryl methyl sites for hydroxylation is 1. The number of hydrogen-bond acceptors (Lipinski definition) is 5. The van der Waals surface area contributed by atoms with Crippen molar-refractivity contribution in [1.29, 1.82) is 0 Å². The molecule has 0 unspecified atom stereocenters. The number of furan rings is 1. The molecule has 6 heteroatoms. The van der Waals surface area contributed by atoms with E-state index in [0.717, 1.165) is 36.9 Å². The first kappa shape index (κ1) is 18.3. The molecule has 2 aliphatic rings. The van der Waals surface area contributed by atoms with Gasteiger partial charge in [-0.05, 0) is 31.9 Å². The minimum absolute atomic E-state index is 0.0908. The number of fused-ring (bicyclic) bond motifs is 1. The lowest BCUT2D eigenvalue weighted by Gasteiger charge is -2.27. The molecule has 1 amide bonds. The van der Waals surface area contributed by atoms with Crippen LogP contribution in [-0.2, 0) is 11.3 Å². The van der Waals surface area contributed by atoms with Gasteiger partial charge in [0.15, 0.2) is 0 Å². The molecular weight excluding hydrogens is 344 g/mol. The number of nitrogens with one attached hydrogen (secondary N) is 1. The Kier molecular flexibility index (Phi) is 5.36. The number of rotatable bonds is 4. The Bertz CT molecular complexity index is 817. The fourth-order valence-electron chi connectivity index (χ4n) is 4.29. The summed E-state index contributed by atoms with van der Waals surface area (Å²) in [6, 6.07) is 3.64. The third-order valence-electron chi connectivity index (χ3n) is 5.77. The molecule has 2 heterocycles. The maximum absolute atomic E-state index is 13.1. The highest BCUT2D eigenvalue weighted by molar-refractivity contribution is 6.09. The average Bonchev–Trinajstić information content (AvgIpc) is 3.02. The molecule has 1 aromatic carbocycles. The van der Waals surface area contributed by atoms with Crippen molar-refractivity contribution < 1.29 is 19.1 Å². The lowest BCUT2D eigenvalue weighted by atomic mass is 9.95. The molecule has 0 spiro atoms. The van der Waals surface area contributed by atoms with Crippen LogP contribution in [0.3, 0.4) is 0 Å². The molecule has 0 atom stereocenters.